The molecule has 3 rings (SSSR count). The summed E-state index contributed by atoms with van der Waals surface area (Å²) in [4.78, 5) is 1.28. The molecule has 1 aliphatic carbocycles. The highest BCUT2D eigenvalue weighted by molar-refractivity contribution is 7.10. The monoisotopic (exact) mass is 291 g/mol. The van der Waals surface area contributed by atoms with Crippen LogP contribution in [0.25, 0.3) is 0 Å². The molecule has 2 aromatic rings. The first-order valence-electron chi connectivity index (χ1n) is 6.80. The van der Waals surface area contributed by atoms with E-state index in [9.17, 15) is 0 Å². The number of halogens is 1. The molecule has 1 atom stereocenters. The molecule has 1 saturated carbocycles. The van der Waals surface area contributed by atoms with E-state index in [4.69, 9.17) is 11.6 Å². The molecule has 0 radical (unpaired) electrons. The van der Waals surface area contributed by atoms with Gasteiger partial charge in [0.15, 0.2) is 0 Å². The van der Waals surface area contributed by atoms with Crippen molar-refractivity contribution in [3.05, 3.63) is 57.2 Å². The summed E-state index contributed by atoms with van der Waals surface area (Å²) in [7, 11) is 0. The first-order valence-corrected chi connectivity index (χ1v) is 8.05. The molecule has 0 saturated heterocycles. The van der Waals surface area contributed by atoms with E-state index >= 15 is 0 Å². The lowest BCUT2D eigenvalue weighted by Crippen LogP contribution is -2.31. The summed E-state index contributed by atoms with van der Waals surface area (Å²) in [5, 5.41) is 6.64. The minimum absolute atomic E-state index is 0.242. The van der Waals surface area contributed by atoms with Crippen LogP contribution in [0.15, 0.2) is 41.8 Å². The lowest BCUT2D eigenvalue weighted by atomic mass is 9.87. The normalized spacial score (nSPS) is 18.2. The molecule has 0 bridgehead atoms. The van der Waals surface area contributed by atoms with Crippen molar-refractivity contribution >= 4 is 22.9 Å². The zero-order chi connectivity index (χ0) is 13.3. The smallest absolute Gasteiger partial charge is 0.0561 e. The lowest BCUT2D eigenvalue weighted by molar-refractivity contribution is 0.446. The maximum absolute atomic E-state index is 6.36. The number of benzene rings is 1. The van der Waals surface area contributed by atoms with Crippen molar-refractivity contribution in [2.24, 2.45) is 0 Å². The highest BCUT2D eigenvalue weighted by atomic mass is 35.5. The van der Waals surface area contributed by atoms with Crippen LogP contribution in [0.5, 0.6) is 0 Å². The van der Waals surface area contributed by atoms with Gasteiger partial charge < -0.3 is 5.32 Å². The number of likely N-dealkylation sites (N-methyl/N-ethyl adjacent to an activating group) is 1. The van der Waals surface area contributed by atoms with Gasteiger partial charge in [-0.05, 0) is 36.4 Å². The van der Waals surface area contributed by atoms with Gasteiger partial charge in [0, 0.05) is 10.3 Å². The van der Waals surface area contributed by atoms with Gasteiger partial charge in [-0.1, -0.05) is 48.9 Å². The van der Waals surface area contributed by atoms with Crippen molar-refractivity contribution in [3.8, 4) is 0 Å². The van der Waals surface area contributed by atoms with E-state index in [1.807, 2.05) is 6.07 Å². The van der Waals surface area contributed by atoms with Gasteiger partial charge in [0.05, 0.1) is 11.1 Å². The lowest BCUT2D eigenvalue weighted by Gasteiger charge is -2.28. The van der Waals surface area contributed by atoms with Gasteiger partial charge in [-0.3, -0.25) is 0 Å². The first-order chi connectivity index (χ1) is 9.28. The van der Waals surface area contributed by atoms with Gasteiger partial charge >= 0.3 is 0 Å². The van der Waals surface area contributed by atoms with Crippen LogP contribution in [0.1, 0.15) is 36.2 Å². The van der Waals surface area contributed by atoms with Crippen molar-refractivity contribution in [2.75, 3.05) is 6.54 Å². The molecular formula is C16H18ClNS. The third kappa shape index (κ3) is 2.33. The average molecular weight is 292 g/mol. The van der Waals surface area contributed by atoms with Crippen LogP contribution < -0.4 is 5.32 Å². The van der Waals surface area contributed by atoms with Gasteiger partial charge in [0.2, 0.25) is 0 Å². The molecule has 3 heteroatoms. The van der Waals surface area contributed by atoms with Crippen LogP contribution in [-0.2, 0) is 5.41 Å². The minimum Gasteiger partial charge on any atom is -0.309 e. The van der Waals surface area contributed by atoms with E-state index < -0.39 is 0 Å². The minimum atomic E-state index is 0.242. The fourth-order valence-corrected chi connectivity index (χ4v) is 4.26. The van der Waals surface area contributed by atoms with E-state index in [2.05, 4.69) is 48.0 Å². The van der Waals surface area contributed by atoms with Crippen molar-refractivity contribution in [1.82, 2.24) is 5.32 Å². The van der Waals surface area contributed by atoms with Crippen molar-refractivity contribution in [3.63, 3.8) is 0 Å². The molecule has 19 heavy (non-hydrogen) atoms. The molecule has 0 spiro atoms. The molecular weight excluding hydrogens is 274 g/mol. The molecule has 1 unspecified atom stereocenters. The summed E-state index contributed by atoms with van der Waals surface area (Å²) in [6.07, 6.45) is 2.48. The number of hydrogen-bond donors (Lipinski definition) is 1. The molecule has 1 N–H and O–H groups in total. The predicted molar refractivity (Wildman–Crippen MR) is 83.1 cm³/mol. The van der Waals surface area contributed by atoms with Gasteiger partial charge in [0.1, 0.15) is 0 Å². The Morgan fingerprint density at radius 1 is 1.26 bits per heavy atom. The van der Waals surface area contributed by atoms with E-state index in [1.54, 1.807) is 11.3 Å². The molecule has 0 amide bonds. The van der Waals surface area contributed by atoms with Gasteiger partial charge in [0.25, 0.3) is 0 Å². The summed E-state index contributed by atoms with van der Waals surface area (Å²) in [6, 6.07) is 13.2. The SMILES string of the molecule is CCNC(c1sccc1Cl)C1(c2ccccc2)CC1. The second-order valence-corrected chi connectivity index (χ2v) is 6.50. The third-order valence-electron chi connectivity index (χ3n) is 4.01. The van der Waals surface area contributed by atoms with E-state index in [-0.39, 0.29) is 5.41 Å². The molecule has 0 aliphatic heterocycles. The Labute approximate surface area is 123 Å². The highest BCUT2D eigenvalue weighted by Gasteiger charge is 2.51. The molecule has 1 nitrogen and oxygen atoms in total. The Bertz CT molecular complexity index is 545. The van der Waals surface area contributed by atoms with Crippen LogP contribution in [0.4, 0.5) is 0 Å². The Morgan fingerprint density at radius 2 is 2.00 bits per heavy atom. The summed E-state index contributed by atoms with van der Waals surface area (Å²) in [6.45, 7) is 3.13. The number of thiophene rings is 1. The Morgan fingerprint density at radius 3 is 2.53 bits per heavy atom. The van der Waals surface area contributed by atoms with Gasteiger partial charge in [-0.15, -0.1) is 11.3 Å². The molecule has 1 aliphatic rings. The van der Waals surface area contributed by atoms with Crippen molar-refractivity contribution in [2.45, 2.75) is 31.2 Å². The van der Waals surface area contributed by atoms with E-state index in [0.29, 0.717) is 6.04 Å². The second-order valence-electron chi connectivity index (χ2n) is 5.15. The molecule has 1 heterocycles. The third-order valence-corrected chi connectivity index (χ3v) is 5.43. The highest BCUT2D eigenvalue weighted by Crippen LogP contribution is 2.58. The molecule has 1 aromatic heterocycles. The summed E-state index contributed by atoms with van der Waals surface area (Å²) >= 11 is 8.13. The van der Waals surface area contributed by atoms with Crippen LogP contribution >= 0.6 is 22.9 Å². The van der Waals surface area contributed by atoms with Gasteiger partial charge in [-0.25, -0.2) is 0 Å². The molecule has 1 aromatic carbocycles. The largest absolute Gasteiger partial charge is 0.309 e. The molecule has 1 fully saturated rings. The number of hydrogen-bond acceptors (Lipinski definition) is 2. The van der Waals surface area contributed by atoms with E-state index in [0.717, 1.165) is 11.6 Å². The van der Waals surface area contributed by atoms with Crippen LogP contribution in [0.2, 0.25) is 5.02 Å². The number of rotatable bonds is 5. The van der Waals surface area contributed by atoms with Crippen LogP contribution in [0.3, 0.4) is 0 Å². The predicted octanol–water partition coefficient (Wildman–Crippen LogP) is 4.78. The Kier molecular flexibility index (Phi) is 3.66. The average Bonchev–Trinajstić information content (AvgIpc) is 3.14. The topological polar surface area (TPSA) is 12.0 Å². The van der Waals surface area contributed by atoms with Crippen molar-refractivity contribution in [1.29, 1.82) is 0 Å². The summed E-state index contributed by atoms with van der Waals surface area (Å²) in [5.74, 6) is 0. The van der Waals surface area contributed by atoms with Crippen LogP contribution in [-0.4, -0.2) is 6.54 Å². The maximum atomic E-state index is 6.36. The zero-order valence-electron chi connectivity index (χ0n) is 11.0. The summed E-state index contributed by atoms with van der Waals surface area (Å²) in [5.41, 5.74) is 1.68. The number of nitrogens with one attached hydrogen (secondary N) is 1. The fourth-order valence-electron chi connectivity index (χ4n) is 2.90. The first kappa shape index (κ1) is 13.2. The maximum Gasteiger partial charge on any atom is 0.0561 e. The van der Waals surface area contributed by atoms with E-state index in [1.165, 1.54) is 23.3 Å². The molecule has 100 valence electrons. The van der Waals surface area contributed by atoms with Crippen molar-refractivity contribution < 1.29 is 0 Å². The second kappa shape index (κ2) is 5.28. The standard InChI is InChI=1S/C16H18ClNS/c1-2-18-15(14-13(17)8-11-19-14)16(9-10-16)12-6-4-3-5-7-12/h3-8,11,15,18H,2,9-10H2,1H3. The fraction of sp³-hybridized carbons (Fsp3) is 0.375. The Balaban J connectivity index is 1.99. The Hall–Kier alpha value is -0.830. The zero-order valence-corrected chi connectivity index (χ0v) is 12.6. The quantitative estimate of drug-likeness (QED) is 0.835. The summed E-state index contributed by atoms with van der Waals surface area (Å²) < 4.78 is 0. The van der Waals surface area contributed by atoms with Crippen LogP contribution in [0, 0.1) is 0 Å². The van der Waals surface area contributed by atoms with Gasteiger partial charge in [-0.2, -0.15) is 0 Å².